The van der Waals surface area contributed by atoms with Crippen molar-refractivity contribution in [3.63, 3.8) is 0 Å². The van der Waals surface area contributed by atoms with Crippen LogP contribution in [0, 0.1) is 0 Å². The molecule has 0 rings (SSSR count). The van der Waals surface area contributed by atoms with E-state index < -0.39 is 11.9 Å². The van der Waals surface area contributed by atoms with E-state index in [1.807, 2.05) is 0 Å². The molecular formula is C12H26N4O2S. The van der Waals surface area contributed by atoms with Crippen molar-refractivity contribution >= 4 is 24.6 Å². The SMILES string of the molecule is C[C@@H](NC(=O)NCCNCCCCCCS)C(N)=O. The summed E-state index contributed by atoms with van der Waals surface area (Å²) in [5.41, 5.74) is 5.03. The predicted molar refractivity (Wildman–Crippen MR) is 80.4 cm³/mol. The van der Waals surface area contributed by atoms with Crippen LogP contribution in [0.2, 0.25) is 0 Å². The van der Waals surface area contributed by atoms with Gasteiger partial charge in [0.2, 0.25) is 5.91 Å². The van der Waals surface area contributed by atoms with E-state index in [9.17, 15) is 9.59 Å². The van der Waals surface area contributed by atoms with E-state index in [0.717, 1.165) is 18.7 Å². The zero-order chi connectivity index (χ0) is 14.5. The number of amides is 3. The molecule has 0 fully saturated rings. The number of rotatable bonds is 11. The first kappa shape index (κ1) is 18.0. The highest BCUT2D eigenvalue weighted by atomic mass is 32.1. The van der Waals surface area contributed by atoms with Gasteiger partial charge in [-0.1, -0.05) is 12.8 Å². The van der Waals surface area contributed by atoms with Gasteiger partial charge >= 0.3 is 6.03 Å². The summed E-state index contributed by atoms with van der Waals surface area (Å²) in [4.78, 5) is 22.0. The normalized spacial score (nSPS) is 11.9. The highest BCUT2D eigenvalue weighted by Gasteiger charge is 2.10. The predicted octanol–water partition coefficient (Wildman–Crippen LogP) is 0.239. The summed E-state index contributed by atoms with van der Waals surface area (Å²) in [6.07, 6.45) is 4.73. The molecule has 7 heteroatoms. The summed E-state index contributed by atoms with van der Waals surface area (Å²) >= 11 is 4.16. The number of primary amides is 1. The molecule has 0 radical (unpaired) electrons. The largest absolute Gasteiger partial charge is 0.368 e. The first-order valence-electron chi connectivity index (χ1n) is 6.73. The van der Waals surface area contributed by atoms with Crippen LogP contribution < -0.4 is 21.7 Å². The highest BCUT2D eigenvalue weighted by Crippen LogP contribution is 1.99. The smallest absolute Gasteiger partial charge is 0.315 e. The van der Waals surface area contributed by atoms with Crippen LogP contribution in [0.1, 0.15) is 32.6 Å². The quantitative estimate of drug-likeness (QED) is 0.278. The molecule has 0 bridgehead atoms. The molecule has 0 aliphatic rings. The molecule has 0 saturated carbocycles. The Labute approximate surface area is 120 Å². The van der Waals surface area contributed by atoms with E-state index in [4.69, 9.17) is 5.73 Å². The summed E-state index contributed by atoms with van der Waals surface area (Å²) in [5.74, 6) is 0.408. The zero-order valence-electron chi connectivity index (χ0n) is 11.6. The van der Waals surface area contributed by atoms with Crippen LogP contribution in [-0.2, 0) is 4.79 Å². The lowest BCUT2D eigenvalue weighted by Gasteiger charge is -2.11. The average molecular weight is 290 g/mol. The highest BCUT2D eigenvalue weighted by molar-refractivity contribution is 7.80. The minimum absolute atomic E-state index is 0.373. The molecule has 0 aromatic rings. The van der Waals surface area contributed by atoms with Gasteiger partial charge in [0.15, 0.2) is 0 Å². The standard InChI is InChI=1S/C12H26N4O2S/c1-10(11(13)17)16-12(18)15-8-7-14-6-4-2-3-5-9-19/h10,14,19H,2-9H2,1H3,(H2,13,17)(H2,15,16,18)/t10-/m1/s1. The number of nitrogens with two attached hydrogens (primary N) is 1. The van der Waals surface area contributed by atoms with E-state index in [1.165, 1.54) is 19.3 Å². The van der Waals surface area contributed by atoms with Crippen molar-refractivity contribution in [3.8, 4) is 0 Å². The lowest BCUT2D eigenvalue weighted by Crippen LogP contribution is -2.47. The van der Waals surface area contributed by atoms with Gasteiger partial charge in [-0.05, 0) is 32.1 Å². The Bertz CT molecular complexity index is 264. The van der Waals surface area contributed by atoms with Gasteiger partial charge < -0.3 is 21.7 Å². The molecule has 0 aromatic carbocycles. The molecule has 112 valence electrons. The maximum Gasteiger partial charge on any atom is 0.315 e. The van der Waals surface area contributed by atoms with Gasteiger partial charge in [-0.3, -0.25) is 4.79 Å². The van der Waals surface area contributed by atoms with Gasteiger partial charge in [0.1, 0.15) is 6.04 Å². The van der Waals surface area contributed by atoms with Crippen LogP contribution in [-0.4, -0.2) is 43.4 Å². The number of urea groups is 1. The summed E-state index contributed by atoms with van der Waals surface area (Å²) in [5, 5.41) is 8.33. The third-order valence-electron chi connectivity index (χ3n) is 2.62. The Morgan fingerprint density at radius 1 is 1.11 bits per heavy atom. The van der Waals surface area contributed by atoms with Gasteiger partial charge in [0.25, 0.3) is 0 Å². The number of carbonyl (C=O) groups excluding carboxylic acids is 2. The first-order chi connectivity index (χ1) is 9.07. The zero-order valence-corrected chi connectivity index (χ0v) is 12.5. The fourth-order valence-corrected chi connectivity index (χ4v) is 1.65. The van der Waals surface area contributed by atoms with Gasteiger partial charge in [-0.2, -0.15) is 12.6 Å². The van der Waals surface area contributed by atoms with Crippen molar-refractivity contribution in [2.75, 3.05) is 25.4 Å². The van der Waals surface area contributed by atoms with E-state index in [0.29, 0.717) is 13.1 Å². The molecule has 0 unspecified atom stereocenters. The van der Waals surface area contributed by atoms with Crippen molar-refractivity contribution < 1.29 is 9.59 Å². The van der Waals surface area contributed by atoms with Gasteiger partial charge in [-0.25, -0.2) is 4.79 Å². The van der Waals surface area contributed by atoms with E-state index >= 15 is 0 Å². The fourth-order valence-electron chi connectivity index (χ4n) is 1.42. The molecule has 0 aromatic heterocycles. The minimum Gasteiger partial charge on any atom is -0.368 e. The van der Waals surface area contributed by atoms with Crippen molar-refractivity contribution in [1.29, 1.82) is 0 Å². The lowest BCUT2D eigenvalue weighted by molar-refractivity contribution is -0.119. The molecule has 0 spiro atoms. The first-order valence-corrected chi connectivity index (χ1v) is 7.36. The Morgan fingerprint density at radius 2 is 1.79 bits per heavy atom. The Hall–Kier alpha value is -0.950. The Balaban J connectivity index is 3.30. The molecule has 0 aliphatic carbocycles. The number of hydrogen-bond acceptors (Lipinski definition) is 4. The third-order valence-corrected chi connectivity index (χ3v) is 2.94. The maximum atomic E-state index is 11.3. The minimum atomic E-state index is -0.653. The molecule has 6 nitrogen and oxygen atoms in total. The van der Waals surface area contributed by atoms with Gasteiger partial charge in [0, 0.05) is 13.1 Å². The number of thiol groups is 1. The molecule has 19 heavy (non-hydrogen) atoms. The van der Waals surface area contributed by atoms with E-state index in [2.05, 4.69) is 28.6 Å². The maximum absolute atomic E-state index is 11.3. The van der Waals surface area contributed by atoms with Gasteiger partial charge in [-0.15, -0.1) is 0 Å². The number of nitrogens with one attached hydrogen (secondary N) is 3. The Morgan fingerprint density at radius 3 is 2.42 bits per heavy atom. The molecular weight excluding hydrogens is 264 g/mol. The summed E-state index contributed by atoms with van der Waals surface area (Å²) in [7, 11) is 0. The number of unbranched alkanes of at least 4 members (excludes halogenated alkanes) is 3. The van der Waals surface area contributed by atoms with Crippen LogP contribution >= 0.6 is 12.6 Å². The number of hydrogen-bond donors (Lipinski definition) is 5. The summed E-state index contributed by atoms with van der Waals surface area (Å²) < 4.78 is 0. The van der Waals surface area contributed by atoms with Crippen LogP contribution in [0.4, 0.5) is 4.79 Å². The van der Waals surface area contributed by atoms with Crippen molar-refractivity contribution in [2.45, 2.75) is 38.6 Å². The molecule has 0 heterocycles. The second kappa shape index (κ2) is 12.1. The number of carbonyl (C=O) groups is 2. The average Bonchev–Trinajstić information content (AvgIpc) is 2.36. The fraction of sp³-hybridized carbons (Fsp3) is 0.833. The van der Waals surface area contributed by atoms with E-state index in [-0.39, 0.29) is 6.03 Å². The molecule has 3 amide bonds. The second-order valence-electron chi connectivity index (χ2n) is 4.41. The van der Waals surface area contributed by atoms with Crippen LogP contribution in [0.15, 0.2) is 0 Å². The van der Waals surface area contributed by atoms with Crippen molar-refractivity contribution in [2.24, 2.45) is 5.73 Å². The molecule has 5 N–H and O–H groups in total. The van der Waals surface area contributed by atoms with Crippen molar-refractivity contribution in [1.82, 2.24) is 16.0 Å². The van der Waals surface area contributed by atoms with Crippen molar-refractivity contribution in [3.05, 3.63) is 0 Å². The topological polar surface area (TPSA) is 96.2 Å². The third kappa shape index (κ3) is 11.9. The summed E-state index contributed by atoms with van der Waals surface area (Å²) in [6.45, 7) is 3.73. The van der Waals surface area contributed by atoms with Crippen LogP contribution in [0.5, 0.6) is 0 Å². The molecule has 0 saturated heterocycles. The molecule has 0 aliphatic heterocycles. The second-order valence-corrected chi connectivity index (χ2v) is 4.86. The summed E-state index contributed by atoms with van der Waals surface area (Å²) in [6, 6.07) is -1.03. The monoisotopic (exact) mass is 290 g/mol. The lowest BCUT2D eigenvalue weighted by atomic mass is 10.2. The van der Waals surface area contributed by atoms with Crippen LogP contribution in [0.3, 0.4) is 0 Å². The van der Waals surface area contributed by atoms with E-state index in [1.54, 1.807) is 6.92 Å². The van der Waals surface area contributed by atoms with Crippen LogP contribution in [0.25, 0.3) is 0 Å². The molecule has 1 atom stereocenters. The van der Waals surface area contributed by atoms with Gasteiger partial charge in [0.05, 0.1) is 0 Å². The Kier molecular flexibility index (Phi) is 11.5.